The second kappa shape index (κ2) is 4.35. The van der Waals surface area contributed by atoms with E-state index >= 15 is 0 Å². The third-order valence-corrected chi connectivity index (χ3v) is 2.31. The van der Waals surface area contributed by atoms with Crippen LogP contribution in [0.5, 0.6) is 0 Å². The van der Waals surface area contributed by atoms with Crippen molar-refractivity contribution in [3.8, 4) is 0 Å². The predicted molar refractivity (Wildman–Crippen MR) is 49.3 cm³/mol. The number of rotatable bonds is 3. The minimum Gasteiger partial charge on any atom is -0.330 e. The van der Waals surface area contributed by atoms with Gasteiger partial charge in [-0.3, -0.25) is 0 Å². The Bertz CT molecular complexity index is 158. The van der Waals surface area contributed by atoms with E-state index in [1.54, 1.807) is 0 Å². The van der Waals surface area contributed by atoms with Gasteiger partial charge >= 0.3 is 0 Å². The SMILES string of the molecule is C=C(CCN)C1CC=CCC1. The molecule has 1 aliphatic carbocycles. The Morgan fingerprint density at radius 1 is 1.55 bits per heavy atom. The molecule has 1 aliphatic rings. The average molecular weight is 151 g/mol. The second-order valence-corrected chi connectivity index (χ2v) is 3.18. The van der Waals surface area contributed by atoms with E-state index in [0.717, 1.165) is 13.0 Å². The van der Waals surface area contributed by atoms with Crippen molar-refractivity contribution in [2.75, 3.05) is 6.54 Å². The number of hydrogen-bond acceptors (Lipinski definition) is 1. The number of allylic oxidation sites excluding steroid dienone is 2. The first-order valence-electron chi connectivity index (χ1n) is 4.37. The van der Waals surface area contributed by atoms with Crippen molar-refractivity contribution in [3.63, 3.8) is 0 Å². The van der Waals surface area contributed by atoms with Crippen molar-refractivity contribution < 1.29 is 0 Å². The summed E-state index contributed by atoms with van der Waals surface area (Å²) in [5.41, 5.74) is 6.80. The molecule has 0 bridgehead atoms. The van der Waals surface area contributed by atoms with Gasteiger partial charge in [-0.25, -0.2) is 0 Å². The Morgan fingerprint density at radius 2 is 2.36 bits per heavy atom. The number of nitrogens with two attached hydrogens (primary N) is 1. The van der Waals surface area contributed by atoms with Gasteiger partial charge in [0.2, 0.25) is 0 Å². The van der Waals surface area contributed by atoms with Gasteiger partial charge < -0.3 is 5.73 Å². The minimum atomic E-state index is 0.712. The monoisotopic (exact) mass is 151 g/mol. The maximum Gasteiger partial charge on any atom is -0.00399 e. The summed E-state index contributed by atoms with van der Waals surface area (Å²) in [6.07, 6.45) is 9.18. The zero-order chi connectivity index (χ0) is 8.10. The van der Waals surface area contributed by atoms with Crippen LogP contribution in [0, 0.1) is 5.92 Å². The highest BCUT2D eigenvalue weighted by molar-refractivity contribution is 5.06. The molecule has 0 heterocycles. The van der Waals surface area contributed by atoms with Crippen molar-refractivity contribution in [1.82, 2.24) is 0 Å². The summed E-state index contributed by atoms with van der Waals surface area (Å²) in [5.74, 6) is 0.712. The third kappa shape index (κ3) is 2.51. The molecular formula is C10H17N. The molecule has 11 heavy (non-hydrogen) atoms. The first kappa shape index (κ1) is 8.54. The summed E-state index contributed by atoms with van der Waals surface area (Å²) in [6.45, 7) is 4.80. The highest BCUT2D eigenvalue weighted by Gasteiger charge is 2.11. The molecule has 2 N–H and O–H groups in total. The molecule has 0 aromatic heterocycles. The summed E-state index contributed by atoms with van der Waals surface area (Å²) in [4.78, 5) is 0. The van der Waals surface area contributed by atoms with Gasteiger partial charge in [-0.2, -0.15) is 0 Å². The fraction of sp³-hybridized carbons (Fsp3) is 0.600. The molecule has 1 atom stereocenters. The first-order chi connectivity index (χ1) is 5.34. The van der Waals surface area contributed by atoms with Gasteiger partial charge in [0.1, 0.15) is 0 Å². The van der Waals surface area contributed by atoms with Crippen LogP contribution in [0.1, 0.15) is 25.7 Å². The van der Waals surface area contributed by atoms with Gasteiger partial charge in [0, 0.05) is 0 Å². The van der Waals surface area contributed by atoms with Gasteiger partial charge in [-0.05, 0) is 38.1 Å². The van der Waals surface area contributed by atoms with Crippen molar-refractivity contribution in [3.05, 3.63) is 24.3 Å². The summed E-state index contributed by atoms with van der Waals surface area (Å²) in [6, 6.07) is 0. The fourth-order valence-corrected chi connectivity index (χ4v) is 1.55. The summed E-state index contributed by atoms with van der Waals surface area (Å²) >= 11 is 0. The van der Waals surface area contributed by atoms with Crippen LogP contribution in [-0.2, 0) is 0 Å². The number of hydrogen-bond donors (Lipinski definition) is 1. The lowest BCUT2D eigenvalue weighted by Gasteiger charge is -2.19. The van der Waals surface area contributed by atoms with E-state index in [4.69, 9.17) is 5.73 Å². The maximum absolute atomic E-state index is 5.46. The van der Waals surface area contributed by atoms with E-state index in [1.807, 2.05) is 0 Å². The Hall–Kier alpha value is -0.560. The highest BCUT2D eigenvalue weighted by atomic mass is 14.5. The van der Waals surface area contributed by atoms with Gasteiger partial charge in [-0.1, -0.05) is 24.3 Å². The summed E-state index contributed by atoms with van der Waals surface area (Å²) < 4.78 is 0. The van der Waals surface area contributed by atoms with E-state index in [1.165, 1.54) is 24.8 Å². The van der Waals surface area contributed by atoms with Gasteiger partial charge in [-0.15, -0.1) is 0 Å². The molecule has 0 radical (unpaired) electrons. The van der Waals surface area contributed by atoms with Crippen molar-refractivity contribution >= 4 is 0 Å². The van der Waals surface area contributed by atoms with Gasteiger partial charge in [0.05, 0.1) is 0 Å². The van der Waals surface area contributed by atoms with E-state index in [-0.39, 0.29) is 0 Å². The molecule has 0 spiro atoms. The fourth-order valence-electron chi connectivity index (χ4n) is 1.55. The zero-order valence-electron chi connectivity index (χ0n) is 7.05. The van der Waals surface area contributed by atoms with Crippen molar-refractivity contribution in [2.45, 2.75) is 25.7 Å². The Labute approximate surface area is 69.0 Å². The van der Waals surface area contributed by atoms with E-state index < -0.39 is 0 Å². The molecule has 0 fully saturated rings. The third-order valence-electron chi connectivity index (χ3n) is 2.31. The Morgan fingerprint density at radius 3 is 2.91 bits per heavy atom. The normalized spacial score (nSPS) is 23.5. The van der Waals surface area contributed by atoms with Gasteiger partial charge in [0.15, 0.2) is 0 Å². The molecule has 0 aromatic carbocycles. The molecule has 0 aliphatic heterocycles. The summed E-state index contributed by atoms with van der Waals surface area (Å²) in [5, 5.41) is 0. The lowest BCUT2D eigenvalue weighted by atomic mass is 9.87. The molecule has 0 aromatic rings. The van der Waals surface area contributed by atoms with Gasteiger partial charge in [0.25, 0.3) is 0 Å². The van der Waals surface area contributed by atoms with E-state index in [2.05, 4.69) is 18.7 Å². The quantitative estimate of drug-likeness (QED) is 0.615. The molecule has 0 amide bonds. The zero-order valence-corrected chi connectivity index (χ0v) is 7.05. The molecule has 62 valence electrons. The van der Waals surface area contributed by atoms with E-state index in [0.29, 0.717) is 5.92 Å². The van der Waals surface area contributed by atoms with Crippen molar-refractivity contribution in [1.29, 1.82) is 0 Å². The molecule has 1 nitrogen and oxygen atoms in total. The summed E-state index contributed by atoms with van der Waals surface area (Å²) in [7, 11) is 0. The molecule has 0 saturated heterocycles. The van der Waals surface area contributed by atoms with Crippen molar-refractivity contribution in [2.24, 2.45) is 11.7 Å². The molecule has 1 rings (SSSR count). The van der Waals surface area contributed by atoms with E-state index in [9.17, 15) is 0 Å². The molecular weight excluding hydrogens is 134 g/mol. The maximum atomic E-state index is 5.46. The molecule has 0 saturated carbocycles. The predicted octanol–water partition coefficient (Wildman–Crippen LogP) is 2.25. The lowest BCUT2D eigenvalue weighted by Crippen LogP contribution is -2.09. The van der Waals surface area contributed by atoms with Crippen LogP contribution in [-0.4, -0.2) is 6.54 Å². The average Bonchev–Trinajstić information content (AvgIpc) is 2.07. The highest BCUT2D eigenvalue weighted by Crippen LogP contribution is 2.25. The molecule has 1 unspecified atom stereocenters. The lowest BCUT2D eigenvalue weighted by molar-refractivity contribution is 0.537. The van der Waals surface area contributed by atoms with Crippen LogP contribution in [0.3, 0.4) is 0 Å². The second-order valence-electron chi connectivity index (χ2n) is 3.18. The molecule has 1 heteroatoms. The van der Waals surface area contributed by atoms with Crippen LogP contribution >= 0.6 is 0 Å². The van der Waals surface area contributed by atoms with Crippen LogP contribution in [0.2, 0.25) is 0 Å². The van der Waals surface area contributed by atoms with Crippen LogP contribution in [0.25, 0.3) is 0 Å². The largest absolute Gasteiger partial charge is 0.330 e. The minimum absolute atomic E-state index is 0.712. The Balaban J connectivity index is 2.34. The van der Waals surface area contributed by atoms with Crippen LogP contribution in [0.4, 0.5) is 0 Å². The Kier molecular flexibility index (Phi) is 3.37. The van der Waals surface area contributed by atoms with Crippen LogP contribution < -0.4 is 5.73 Å². The standard InChI is InChI=1S/C10H17N/c1-9(7-8-11)10-5-3-2-4-6-10/h2-3,10H,1,4-8,11H2. The topological polar surface area (TPSA) is 26.0 Å². The van der Waals surface area contributed by atoms with Crippen LogP contribution in [0.15, 0.2) is 24.3 Å². The smallest absolute Gasteiger partial charge is 0.00399 e. The first-order valence-corrected chi connectivity index (χ1v) is 4.37.